The lowest BCUT2D eigenvalue weighted by Gasteiger charge is -2.14. The predicted molar refractivity (Wildman–Crippen MR) is 69.5 cm³/mol. The summed E-state index contributed by atoms with van der Waals surface area (Å²) in [7, 11) is 0. The number of aromatic nitrogens is 1. The van der Waals surface area contributed by atoms with E-state index in [1.54, 1.807) is 6.20 Å². The minimum Gasteiger partial charge on any atom is -0.398 e. The van der Waals surface area contributed by atoms with E-state index in [1.807, 2.05) is 24.8 Å². The summed E-state index contributed by atoms with van der Waals surface area (Å²) in [6.45, 7) is 4.12. The molecule has 0 radical (unpaired) electrons. The quantitative estimate of drug-likeness (QED) is 0.808. The molecule has 3 N–H and O–H groups in total. The number of hydrogen-bond acceptors (Lipinski definition) is 4. The largest absolute Gasteiger partial charge is 0.398 e. The summed E-state index contributed by atoms with van der Waals surface area (Å²) in [5.41, 5.74) is 7.63. The minimum atomic E-state index is 0.437. The molecule has 0 fully saturated rings. The van der Waals surface area contributed by atoms with Gasteiger partial charge < -0.3 is 11.1 Å². The van der Waals surface area contributed by atoms with E-state index in [4.69, 9.17) is 5.73 Å². The third-order valence-electron chi connectivity index (χ3n) is 2.29. The molecule has 0 spiro atoms. The Morgan fingerprint density at radius 3 is 2.93 bits per heavy atom. The molecule has 3 nitrogen and oxygen atoms in total. The Morgan fingerprint density at radius 2 is 2.33 bits per heavy atom. The van der Waals surface area contributed by atoms with Crippen molar-refractivity contribution < 1.29 is 0 Å². The molecular formula is C11H19N3S. The fraction of sp³-hybridized carbons (Fsp3) is 0.545. The minimum absolute atomic E-state index is 0.437. The fourth-order valence-corrected chi connectivity index (χ4v) is 1.83. The molecule has 1 heterocycles. The van der Waals surface area contributed by atoms with Crippen LogP contribution in [0.25, 0.3) is 0 Å². The van der Waals surface area contributed by atoms with Gasteiger partial charge >= 0.3 is 0 Å². The molecule has 0 bridgehead atoms. The zero-order valence-corrected chi connectivity index (χ0v) is 10.4. The summed E-state index contributed by atoms with van der Waals surface area (Å²) < 4.78 is 0. The Bertz CT molecular complexity index is 315. The van der Waals surface area contributed by atoms with Crippen molar-refractivity contribution in [3.05, 3.63) is 17.8 Å². The van der Waals surface area contributed by atoms with Crippen molar-refractivity contribution in [1.29, 1.82) is 0 Å². The highest BCUT2D eigenvalue weighted by molar-refractivity contribution is 7.98. The molecule has 4 heteroatoms. The maximum absolute atomic E-state index is 5.81. The van der Waals surface area contributed by atoms with E-state index in [2.05, 4.69) is 23.5 Å². The van der Waals surface area contributed by atoms with Crippen LogP contribution in [0.1, 0.15) is 18.9 Å². The number of thioether (sulfide) groups is 1. The molecule has 84 valence electrons. The highest BCUT2D eigenvalue weighted by atomic mass is 32.2. The average Bonchev–Trinajstić information content (AvgIpc) is 2.20. The van der Waals surface area contributed by atoms with E-state index in [0.29, 0.717) is 6.04 Å². The molecule has 0 aliphatic carbocycles. The number of nitrogens with two attached hydrogens (primary N) is 1. The zero-order chi connectivity index (χ0) is 11.3. The van der Waals surface area contributed by atoms with Crippen molar-refractivity contribution in [1.82, 2.24) is 4.98 Å². The van der Waals surface area contributed by atoms with Gasteiger partial charge in [-0.3, -0.25) is 0 Å². The standard InChI is InChI=1S/C11H19N3S/c1-8-7-13-11(6-10(8)12)14-9(2)4-5-15-3/h6-7,9H,4-5H2,1-3H3,(H3,12,13,14). The number of rotatable bonds is 5. The molecule has 1 rings (SSSR count). The Morgan fingerprint density at radius 1 is 1.60 bits per heavy atom. The third-order valence-corrected chi connectivity index (χ3v) is 2.94. The smallest absolute Gasteiger partial charge is 0.128 e. The summed E-state index contributed by atoms with van der Waals surface area (Å²) in [6, 6.07) is 2.33. The number of nitrogens with zero attached hydrogens (tertiary/aromatic N) is 1. The highest BCUT2D eigenvalue weighted by Crippen LogP contribution is 2.15. The Balaban J connectivity index is 2.53. The van der Waals surface area contributed by atoms with Crippen LogP contribution >= 0.6 is 11.8 Å². The van der Waals surface area contributed by atoms with Gasteiger partial charge in [-0.05, 0) is 37.8 Å². The SMILES string of the molecule is CSCCC(C)Nc1cc(N)c(C)cn1. The van der Waals surface area contributed by atoms with Gasteiger partial charge in [-0.2, -0.15) is 11.8 Å². The van der Waals surface area contributed by atoms with Crippen LogP contribution in [0.4, 0.5) is 11.5 Å². The average molecular weight is 225 g/mol. The Kier molecular flexibility index (Phi) is 4.75. The van der Waals surface area contributed by atoms with Crippen molar-refractivity contribution in [3.8, 4) is 0 Å². The first-order valence-corrected chi connectivity index (χ1v) is 6.50. The van der Waals surface area contributed by atoms with E-state index in [1.165, 1.54) is 0 Å². The van der Waals surface area contributed by atoms with Gasteiger partial charge in [0.25, 0.3) is 0 Å². The molecule has 0 saturated carbocycles. The number of anilines is 2. The number of nitrogens with one attached hydrogen (secondary N) is 1. The van der Waals surface area contributed by atoms with Crippen LogP contribution in [0.15, 0.2) is 12.3 Å². The zero-order valence-electron chi connectivity index (χ0n) is 9.58. The molecule has 1 aromatic heterocycles. The molecule has 0 aromatic carbocycles. The van der Waals surface area contributed by atoms with E-state index >= 15 is 0 Å². The lowest BCUT2D eigenvalue weighted by Crippen LogP contribution is -2.17. The maximum atomic E-state index is 5.81. The van der Waals surface area contributed by atoms with Gasteiger partial charge in [0.1, 0.15) is 5.82 Å². The van der Waals surface area contributed by atoms with E-state index < -0.39 is 0 Å². The lowest BCUT2D eigenvalue weighted by molar-refractivity contribution is 0.767. The van der Waals surface area contributed by atoms with E-state index in [9.17, 15) is 0 Å². The summed E-state index contributed by atoms with van der Waals surface area (Å²) in [4.78, 5) is 4.29. The predicted octanol–water partition coefficient (Wildman–Crippen LogP) is 2.53. The van der Waals surface area contributed by atoms with Crippen molar-refractivity contribution in [2.24, 2.45) is 0 Å². The van der Waals surface area contributed by atoms with Crippen LogP contribution < -0.4 is 11.1 Å². The van der Waals surface area contributed by atoms with Gasteiger partial charge in [-0.15, -0.1) is 0 Å². The van der Waals surface area contributed by atoms with Crippen LogP contribution in [0.5, 0.6) is 0 Å². The van der Waals surface area contributed by atoms with Crippen LogP contribution in [0.3, 0.4) is 0 Å². The second kappa shape index (κ2) is 5.85. The van der Waals surface area contributed by atoms with Gasteiger partial charge in [-0.1, -0.05) is 0 Å². The maximum Gasteiger partial charge on any atom is 0.128 e. The second-order valence-corrected chi connectivity index (χ2v) is 4.74. The molecule has 0 aliphatic heterocycles. The molecule has 0 saturated heterocycles. The molecular weight excluding hydrogens is 206 g/mol. The van der Waals surface area contributed by atoms with Crippen LogP contribution in [-0.4, -0.2) is 23.0 Å². The molecule has 1 aromatic rings. The lowest BCUT2D eigenvalue weighted by atomic mass is 10.2. The second-order valence-electron chi connectivity index (χ2n) is 3.75. The van der Waals surface area contributed by atoms with Gasteiger partial charge in [-0.25, -0.2) is 4.98 Å². The number of nitrogen functional groups attached to an aromatic ring is 1. The molecule has 0 aliphatic rings. The topological polar surface area (TPSA) is 50.9 Å². The highest BCUT2D eigenvalue weighted by Gasteiger charge is 2.03. The first kappa shape index (κ1) is 12.2. The van der Waals surface area contributed by atoms with E-state index in [0.717, 1.165) is 29.2 Å². The first-order valence-electron chi connectivity index (χ1n) is 5.11. The van der Waals surface area contributed by atoms with Crippen LogP contribution in [-0.2, 0) is 0 Å². The normalized spacial score (nSPS) is 12.5. The Labute approximate surface area is 95.9 Å². The van der Waals surface area contributed by atoms with Crippen LogP contribution in [0.2, 0.25) is 0 Å². The van der Waals surface area contributed by atoms with Crippen molar-refractivity contribution in [3.63, 3.8) is 0 Å². The fourth-order valence-electron chi connectivity index (χ4n) is 1.24. The molecule has 0 amide bonds. The summed E-state index contributed by atoms with van der Waals surface area (Å²) in [5, 5.41) is 3.34. The van der Waals surface area contributed by atoms with Crippen molar-refractivity contribution in [2.45, 2.75) is 26.3 Å². The van der Waals surface area contributed by atoms with Gasteiger partial charge in [0, 0.05) is 24.0 Å². The summed E-state index contributed by atoms with van der Waals surface area (Å²) in [5.74, 6) is 2.03. The number of aryl methyl sites for hydroxylation is 1. The van der Waals surface area contributed by atoms with Crippen molar-refractivity contribution in [2.75, 3.05) is 23.1 Å². The monoisotopic (exact) mass is 225 g/mol. The summed E-state index contributed by atoms with van der Waals surface area (Å²) >= 11 is 1.86. The molecule has 1 atom stereocenters. The molecule has 15 heavy (non-hydrogen) atoms. The molecule has 1 unspecified atom stereocenters. The van der Waals surface area contributed by atoms with Gasteiger partial charge in [0.15, 0.2) is 0 Å². The van der Waals surface area contributed by atoms with Crippen LogP contribution in [0, 0.1) is 6.92 Å². The summed E-state index contributed by atoms with van der Waals surface area (Å²) in [6.07, 6.45) is 5.06. The van der Waals surface area contributed by atoms with E-state index in [-0.39, 0.29) is 0 Å². The number of pyridine rings is 1. The third kappa shape index (κ3) is 4.00. The van der Waals surface area contributed by atoms with Crippen molar-refractivity contribution >= 4 is 23.3 Å². The number of hydrogen-bond donors (Lipinski definition) is 2. The van der Waals surface area contributed by atoms with Gasteiger partial charge in [0.05, 0.1) is 0 Å². The first-order chi connectivity index (χ1) is 7.13. The van der Waals surface area contributed by atoms with Gasteiger partial charge in [0.2, 0.25) is 0 Å². The Hall–Kier alpha value is -0.900.